The van der Waals surface area contributed by atoms with Crippen molar-refractivity contribution < 1.29 is 9.53 Å². The minimum Gasteiger partial charge on any atom is -0.497 e. The number of ether oxygens (including phenoxy) is 1. The average Bonchev–Trinajstić information content (AvgIpc) is 3.30. The molecule has 0 amide bonds. The number of aryl methyl sites for hydroxylation is 1. The summed E-state index contributed by atoms with van der Waals surface area (Å²) in [5.74, 6) is -0.0960. The fraction of sp³-hybridized carbons (Fsp3) is 0.235. The monoisotopic (exact) mass is 417 g/mol. The fourth-order valence-electron chi connectivity index (χ4n) is 2.10. The number of anilines is 2. The Bertz CT molecular complexity index is 962. The van der Waals surface area contributed by atoms with Crippen LogP contribution < -0.4 is 10.1 Å². The Kier molecular flexibility index (Phi) is 6.39. The fourth-order valence-corrected chi connectivity index (χ4v) is 4.64. The summed E-state index contributed by atoms with van der Waals surface area (Å²) in [6.07, 6.45) is 0. The minimum atomic E-state index is -0.832. The third kappa shape index (κ3) is 5.03. The van der Waals surface area contributed by atoms with E-state index in [-0.39, 0.29) is 11.5 Å². The molecule has 0 aliphatic carbocycles. The molecule has 1 atom stereocenters. The highest BCUT2D eigenvalue weighted by Crippen LogP contribution is 2.30. The van der Waals surface area contributed by atoms with Crippen molar-refractivity contribution >= 4 is 51.0 Å². The molecule has 0 fully saturated rings. The van der Waals surface area contributed by atoms with Gasteiger partial charge in [-0.15, -0.1) is 21.5 Å². The van der Waals surface area contributed by atoms with E-state index in [1.807, 2.05) is 42.6 Å². The number of rotatable bonds is 8. The SMILES string of the molecule is COc1ccc(Nc2nnc(SCC(=O)C(C#N)c3nc(C)cs3)s2)cc1. The molecule has 0 bridgehead atoms. The van der Waals surface area contributed by atoms with E-state index in [4.69, 9.17) is 4.74 Å². The van der Waals surface area contributed by atoms with Crippen LogP contribution in [0.1, 0.15) is 16.6 Å². The molecule has 0 aliphatic heterocycles. The van der Waals surface area contributed by atoms with Gasteiger partial charge in [-0.05, 0) is 31.2 Å². The molecule has 10 heteroatoms. The highest BCUT2D eigenvalue weighted by Gasteiger charge is 2.23. The van der Waals surface area contributed by atoms with Crippen molar-refractivity contribution in [1.82, 2.24) is 15.2 Å². The van der Waals surface area contributed by atoms with Gasteiger partial charge in [-0.25, -0.2) is 4.98 Å². The number of aromatic nitrogens is 3. The second-order valence-corrected chi connectivity index (χ2v) is 8.46. The molecule has 7 nitrogen and oxygen atoms in total. The lowest BCUT2D eigenvalue weighted by Crippen LogP contribution is -2.13. The van der Waals surface area contributed by atoms with Gasteiger partial charge < -0.3 is 10.1 Å². The van der Waals surface area contributed by atoms with Crippen molar-refractivity contribution in [3.05, 3.63) is 40.3 Å². The summed E-state index contributed by atoms with van der Waals surface area (Å²) in [4.78, 5) is 16.6. The Hall–Kier alpha value is -2.48. The van der Waals surface area contributed by atoms with Crippen molar-refractivity contribution in [2.75, 3.05) is 18.2 Å². The lowest BCUT2D eigenvalue weighted by Gasteiger charge is -2.03. The Morgan fingerprint density at radius 3 is 2.78 bits per heavy atom. The van der Waals surface area contributed by atoms with Gasteiger partial charge in [-0.3, -0.25) is 4.79 Å². The number of nitriles is 1. The zero-order valence-electron chi connectivity index (χ0n) is 14.5. The van der Waals surface area contributed by atoms with Crippen LogP contribution in [-0.4, -0.2) is 33.8 Å². The van der Waals surface area contributed by atoms with Crippen LogP contribution >= 0.6 is 34.4 Å². The number of Topliss-reactive ketones (excluding diaryl/α,β-unsaturated/α-hetero) is 1. The van der Waals surface area contributed by atoms with Crippen LogP contribution in [0.4, 0.5) is 10.8 Å². The Morgan fingerprint density at radius 2 is 2.15 bits per heavy atom. The number of hydrogen-bond acceptors (Lipinski definition) is 10. The van der Waals surface area contributed by atoms with Crippen LogP contribution in [0.2, 0.25) is 0 Å². The third-order valence-electron chi connectivity index (χ3n) is 3.42. The van der Waals surface area contributed by atoms with E-state index >= 15 is 0 Å². The average molecular weight is 418 g/mol. The summed E-state index contributed by atoms with van der Waals surface area (Å²) >= 11 is 3.95. The molecule has 1 N–H and O–H groups in total. The number of hydrogen-bond donors (Lipinski definition) is 1. The lowest BCUT2D eigenvalue weighted by molar-refractivity contribution is -0.116. The Labute approximate surface area is 168 Å². The van der Waals surface area contributed by atoms with E-state index in [2.05, 4.69) is 20.5 Å². The van der Waals surface area contributed by atoms with Gasteiger partial charge in [0.25, 0.3) is 0 Å². The van der Waals surface area contributed by atoms with Crippen molar-refractivity contribution in [3.8, 4) is 11.8 Å². The number of nitrogens with zero attached hydrogens (tertiary/aromatic N) is 4. The van der Waals surface area contributed by atoms with Crippen LogP contribution in [0.3, 0.4) is 0 Å². The van der Waals surface area contributed by atoms with Crippen LogP contribution in [-0.2, 0) is 4.79 Å². The first-order valence-electron chi connectivity index (χ1n) is 7.81. The van der Waals surface area contributed by atoms with Crippen molar-refractivity contribution in [2.45, 2.75) is 17.2 Å². The standard InChI is InChI=1S/C17H15N5O2S3/c1-10-8-25-15(19-10)13(7-18)14(23)9-26-17-22-21-16(27-17)20-11-3-5-12(24-2)6-4-11/h3-6,8,13H,9H2,1-2H3,(H,20,21). The quantitative estimate of drug-likeness (QED) is 0.548. The van der Waals surface area contributed by atoms with E-state index in [9.17, 15) is 10.1 Å². The number of nitrogens with one attached hydrogen (secondary N) is 1. The van der Waals surface area contributed by atoms with Gasteiger partial charge in [0.1, 0.15) is 10.8 Å². The summed E-state index contributed by atoms with van der Waals surface area (Å²) in [6.45, 7) is 1.84. The number of carbonyl (C=O) groups is 1. The van der Waals surface area contributed by atoms with Gasteiger partial charge in [0.05, 0.1) is 18.9 Å². The smallest absolute Gasteiger partial charge is 0.210 e. The summed E-state index contributed by atoms with van der Waals surface area (Å²) in [6, 6.07) is 9.50. The van der Waals surface area contributed by atoms with Gasteiger partial charge in [0.2, 0.25) is 5.13 Å². The van der Waals surface area contributed by atoms with Crippen molar-refractivity contribution in [1.29, 1.82) is 5.26 Å². The molecule has 1 unspecified atom stereocenters. The summed E-state index contributed by atoms with van der Waals surface area (Å²) in [5.41, 5.74) is 1.68. The topological polar surface area (TPSA) is 101 Å². The first-order chi connectivity index (χ1) is 13.1. The third-order valence-corrected chi connectivity index (χ3v) is 6.44. The normalized spacial score (nSPS) is 11.6. The molecule has 1 aromatic carbocycles. The van der Waals surface area contributed by atoms with Crippen LogP contribution in [0.15, 0.2) is 34.0 Å². The highest BCUT2D eigenvalue weighted by atomic mass is 32.2. The largest absolute Gasteiger partial charge is 0.497 e. The van der Waals surface area contributed by atoms with Gasteiger partial charge >= 0.3 is 0 Å². The van der Waals surface area contributed by atoms with Gasteiger partial charge in [-0.2, -0.15) is 5.26 Å². The molecule has 0 aliphatic rings. The Morgan fingerprint density at radius 1 is 1.37 bits per heavy atom. The molecular weight excluding hydrogens is 402 g/mol. The minimum absolute atomic E-state index is 0.147. The predicted molar refractivity (Wildman–Crippen MR) is 107 cm³/mol. The zero-order chi connectivity index (χ0) is 19.2. The molecule has 2 aromatic heterocycles. The molecule has 138 valence electrons. The highest BCUT2D eigenvalue weighted by molar-refractivity contribution is 8.01. The second-order valence-electron chi connectivity index (χ2n) is 5.37. The Balaban J connectivity index is 1.57. The second kappa shape index (κ2) is 8.94. The van der Waals surface area contributed by atoms with Crippen LogP contribution in [0, 0.1) is 18.3 Å². The molecule has 27 heavy (non-hydrogen) atoms. The number of carbonyl (C=O) groups excluding carboxylic acids is 1. The number of benzene rings is 1. The lowest BCUT2D eigenvalue weighted by atomic mass is 10.1. The molecule has 0 spiro atoms. The summed E-state index contributed by atoms with van der Waals surface area (Å²) in [7, 11) is 1.62. The van der Waals surface area contributed by atoms with E-state index < -0.39 is 5.92 Å². The van der Waals surface area contributed by atoms with Gasteiger partial charge in [-0.1, -0.05) is 23.1 Å². The molecule has 0 saturated heterocycles. The molecular formula is C17H15N5O2S3. The van der Waals surface area contributed by atoms with Crippen molar-refractivity contribution in [2.24, 2.45) is 0 Å². The molecule has 0 saturated carbocycles. The maximum atomic E-state index is 12.4. The number of methoxy groups -OCH3 is 1. The number of ketones is 1. The van der Waals surface area contributed by atoms with Gasteiger partial charge in [0.15, 0.2) is 16.0 Å². The molecule has 2 heterocycles. The maximum Gasteiger partial charge on any atom is 0.210 e. The summed E-state index contributed by atoms with van der Waals surface area (Å²) in [5, 5.41) is 23.6. The zero-order valence-corrected chi connectivity index (χ0v) is 17.0. The molecule has 3 rings (SSSR count). The van der Waals surface area contributed by atoms with E-state index in [1.54, 1.807) is 7.11 Å². The van der Waals surface area contributed by atoms with Crippen LogP contribution in [0.5, 0.6) is 5.75 Å². The molecule has 3 aromatic rings. The first-order valence-corrected chi connectivity index (χ1v) is 10.5. The molecule has 0 radical (unpaired) electrons. The van der Waals surface area contributed by atoms with E-state index in [0.717, 1.165) is 17.1 Å². The van der Waals surface area contributed by atoms with Crippen LogP contribution in [0.25, 0.3) is 0 Å². The predicted octanol–water partition coefficient (Wildman–Crippen LogP) is 4.02. The number of thiazole rings is 1. The first kappa shape index (κ1) is 19.3. The van der Waals surface area contributed by atoms with E-state index in [1.165, 1.54) is 34.4 Å². The maximum absolute atomic E-state index is 12.4. The van der Waals surface area contributed by atoms with Gasteiger partial charge in [0, 0.05) is 16.8 Å². The number of thioether (sulfide) groups is 1. The van der Waals surface area contributed by atoms with E-state index in [0.29, 0.717) is 14.5 Å². The summed E-state index contributed by atoms with van der Waals surface area (Å²) < 4.78 is 5.78. The van der Waals surface area contributed by atoms with Crippen molar-refractivity contribution in [3.63, 3.8) is 0 Å².